The Kier molecular flexibility index (Phi) is 4.50. The Morgan fingerprint density at radius 1 is 1.28 bits per heavy atom. The Hall–Kier alpha value is -2.87. The van der Waals surface area contributed by atoms with E-state index in [4.69, 9.17) is 0 Å². The highest BCUT2D eigenvalue weighted by molar-refractivity contribution is 7.19. The SMILES string of the molecule is CC(C)NC(=O)C1CCc2c(sc3ncnc(Nc4cc5c(cn4)CN=C5)c23)C1. The first-order chi connectivity index (χ1) is 14.1. The van der Waals surface area contributed by atoms with Crippen LogP contribution in [0.2, 0.25) is 0 Å². The summed E-state index contributed by atoms with van der Waals surface area (Å²) >= 11 is 1.67. The molecule has 1 unspecified atom stereocenters. The molecule has 0 spiro atoms. The van der Waals surface area contributed by atoms with Gasteiger partial charge < -0.3 is 10.6 Å². The number of nitrogens with one attached hydrogen (secondary N) is 2. The minimum Gasteiger partial charge on any atom is -0.354 e. The molecule has 4 heterocycles. The third-order valence-electron chi connectivity index (χ3n) is 5.41. The molecule has 0 saturated heterocycles. The highest BCUT2D eigenvalue weighted by atomic mass is 32.1. The summed E-state index contributed by atoms with van der Waals surface area (Å²) in [5.41, 5.74) is 3.51. The fourth-order valence-corrected chi connectivity index (χ4v) is 5.28. The molecule has 5 rings (SSSR count). The topological polar surface area (TPSA) is 92.2 Å². The second kappa shape index (κ2) is 7.18. The summed E-state index contributed by atoms with van der Waals surface area (Å²) in [4.78, 5) is 32.5. The van der Waals surface area contributed by atoms with E-state index < -0.39 is 0 Å². The van der Waals surface area contributed by atoms with Gasteiger partial charge in [-0.05, 0) is 44.7 Å². The number of aliphatic imine (C=N–C) groups is 1. The van der Waals surface area contributed by atoms with E-state index >= 15 is 0 Å². The highest BCUT2D eigenvalue weighted by Gasteiger charge is 2.29. The number of aryl methyl sites for hydroxylation is 1. The lowest BCUT2D eigenvalue weighted by molar-refractivity contribution is -0.125. The first-order valence-electron chi connectivity index (χ1n) is 9.90. The Labute approximate surface area is 172 Å². The maximum absolute atomic E-state index is 12.5. The van der Waals surface area contributed by atoms with Crippen LogP contribution in [0.25, 0.3) is 10.2 Å². The summed E-state index contributed by atoms with van der Waals surface area (Å²) in [6.07, 6.45) is 7.81. The van der Waals surface area contributed by atoms with Gasteiger partial charge in [0.2, 0.25) is 5.91 Å². The number of amides is 1. The van der Waals surface area contributed by atoms with Crippen LogP contribution in [0.4, 0.5) is 11.6 Å². The van der Waals surface area contributed by atoms with E-state index in [1.165, 1.54) is 10.4 Å². The van der Waals surface area contributed by atoms with Crippen LogP contribution in [0, 0.1) is 5.92 Å². The quantitative estimate of drug-likeness (QED) is 0.693. The number of carbonyl (C=O) groups is 1. The summed E-state index contributed by atoms with van der Waals surface area (Å²) in [6, 6.07) is 2.17. The molecule has 0 bridgehead atoms. The van der Waals surface area contributed by atoms with Crippen molar-refractivity contribution in [1.82, 2.24) is 20.3 Å². The van der Waals surface area contributed by atoms with Crippen LogP contribution in [0.1, 0.15) is 41.8 Å². The van der Waals surface area contributed by atoms with E-state index in [0.29, 0.717) is 6.54 Å². The van der Waals surface area contributed by atoms with Crippen molar-refractivity contribution in [2.45, 2.75) is 45.7 Å². The molecule has 0 fully saturated rings. The van der Waals surface area contributed by atoms with Gasteiger partial charge in [-0.15, -0.1) is 11.3 Å². The van der Waals surface area contributed by atoms with Crippen LogP contribution in [0.3, 0.4) is 0 Å². The van der Waals surface area contributed by atoms with Crippen molar-refractivity contribution in [3.05, 3.63) is 40.2 Å². The monoisotopic (exact) mass is 406 g/mol. The fraction of sp³-hybridized carbons (Fsp3) is 0.381. The summed E-state index contributed by atoms with van der Waals surface area (Å²) in [7, 11) is 0. The second-order valence-corrected chi connectivity index (χ2v) is 8.96. The lowest BCUT2D eigenvalue weighted by Crippen LogP contribution is -2.37. The molecule has 1 amide bonds. The molecule has 2 N–H and O–H groups in total. The lowest BCUT2D eigenvalue weighted by Gasteiger charge is -2.22. The van der Waals surface area contributed by atoms with Crippen LogP contribution in [0.5, 0.6) is 0 Å². The largest absolute Gasteiger partial charge is 0.354 e. The predicted molar refractivity (Wildman–Crippen MR) is 115 cm³/mol. The summed E-state index contributed by atoms with van der Waals surface area (Å²) in [6.45, 7) is 4.69. The number of hydrogen-bond donors (Lipinski definition) is 2. The molecule has 0 saturated carbocycles. The van der Waals surface area contributed by atoms with Gasteiger partial charge in [0.15, 0.2) is 0 Å². The average Bonchev–Trinajstić information content (AvgIpc) is 3.31. The predicted octanol–water partition coefficient (Wildman–Crippen LogP) is 3.39. The molecular formula is C21H22N6OS. The first-order valence-corrected chi connectivity index (χ1v) is 10.7. The molecule has 8 heteroatoms. The van der Waals surface area contributed by atoms with Gasteiger partial charge in [0.1, 0.15) is 22.8 Å². The van der Waals surface area contributed by atoms with E-state index in [9.17, 15) is 4.79 Å². The molecule has 0 aromatic carbocycles. The summed E-state index contributed by atoms with van der Waals surface area (Å²) in [5.74, 6) is 1.71. The number of aromatic nitrogens is 3. The van der Waals surface area contributed by atoms with Crippen LogP contribution in [-0.2, 0) is 24.2 Å². The molecule has 29 heavy (non-hydrogen) atoms. The first kappa shape index (κ1) is 18.2. The normalized spacial score (nSPS) is 17.4. The van der Waals surface area contributed by atoms with E-state index in [2.05, 4.69) is 30.6 Å². The smallest absolute Gasteiger partial charge is 0.223 e. The molecule has 3 aromatic rings. The standard InChI is InChI=1S/C21H22N6OS/c1-11(2)26-20(28)12-3-4-15-16(5-12)29-21-18(15)19(24-10-25-21)27-17-6-13-7-22-8-14(13)9-23-17/h6-7,9-12H,3-5,8H2,1-2H3,(H,26,28)(H,23,24,25,27). The molecular weight excluding hydrogens is 384 g/mol. The van der Waals surface area contributed by atoms with Gasteiger partial charge in [0.05, 0.1) is 11.9 Å². The number of rotatable bonds is 4. The van der Waals surface area contributed by atoms with Gasteiger partial charge in [-0.3, -0.25) is 9.79 Å². The van der Waals surface area contributed by atoms with Crippen molar-refractivity contribution in [2.75, 3.05) is 5.32 Å². The molecule has 7 nitrogen and oxygen atoms in total. The zero-order valence-corrected chi connectivity index (χ0v) is 17.2. The summed E-state index contributed by atoms with van der Waals surface area (Å²) in [5, 5.41) is 7.49. The van der Waals surface area contributed by atoms with Crippen LogP contribution >= 0.6 is 11.3 Å². The van der Waals surface area contributed by atoms with Gasteiger partial charge in [-0.25, -0.2) is 15.0 Å². The number of fused-ring (bicyclic) bond motifs is 4. The van der Waals surface area contributed by atoms with Gasteiger partial charge in [0, 0.05) is 40.4 Å². The molecule has 1 atom stereocenters. The molecule has 3 aromatic heterocycles. The zero-order chi connectivity index (χ0) is 20.0. The highest BCUT2D eigenvalue weighted by Crippen LogP contribution is 2.40. The Balaban J connectivity index is 1.46. The van der Waals surface area contributed by atoms with Crippen molar-refractivity contribution in [3.8, 4) is 0 Å². The second-order valence-electron chi connectivity index (χ2n) is 7.87. The molecule has 0 radical (unpaired) electrons. The fourth-order valence-electron chi connectivity index (χ4n) is 4.01. The van der Waals surface area contributed by atoms with Crippen LogP contribution in [0.15, 0.2) is 23.6 Å². The van der Waals surface area contributed by atoms with Crippen molar-refractivity contribution in [2.24, 2.45) is 10.9 Å². The number of anilines is 2. The van der Waals surface area contributed by atoms with Gasteiger partial charge in [-0.2, -0.15) is 0 Å². The van der Waals surface area contributed by atoms with Gasteiger partial charge in [-0.1, -0.05) is 0 Å². The summed E-state index contributed by atoms with van der Waals surface area (Å²) < 4.78 is 0. The number of thiophene rings is 1. The third-order valence-corrected chi connectivity index (χ3v) is 6.57. The Morgan fingerprint density at radius 2 is 2.17 bits per heavy atom. The minimum absolute atomic E-state index is 0.0278. The molecule has 1 aliphatic heterocycles. The number of pyridine rings is 1. The van der Waals surface area contributed by atoms with E-state index in [1.807, 2.05) is 32.3 Å². The maximum atomic E-state index is 12.5. The molecule has 2 aliphatic rings. The van der Waals surface area contributed by atoms with Gasteiger partial charge in [0.25, 0.3) is 0 Å². The maximum Gasteiger partial charge on any atom is 0.223 e. The van der Waals surface area contributed by atoms with Crippen molar-refractivity contribution in [1.29, 1.82) is 0 Å². The Bertz CT molecular complexity index is 1140. The number of carbonyl (C=O) groups excluding carboxylic acids is 1. The van der Waals surface area contributed by atoms with Crippen molar-refractivity contribution >= 4 is 45.3 Å². The molecule has 148 valence electrons. The van der Waals surface area contributed by atoms with E-state index in [1.54, 1.807) is 17.7 Å². The van der Waals surface area contributed by atoms with Crippen LogP contribution in [-0.4, -0.2) is 33.1 Å². The average molecular weight is 407 g/mol. The van der Waals surface area contributed by atoms with Crippen molar-refractivity contribution < 1.29 is 4.79 Å². The lowest BCUT2D eigenvalue weighted by atomic mass is 9.87. The van der Waals surface area contributed by atoms with E-state index in [0.717, 1.165) is 52.2 Å². The minimum atomic E-state index is 0.0278. The van der Waals surface area contributed by atoms with Gasteiger partial charge >= 0.3 is 0 Å². The number of nitrogens with zero attached hydrogens (tertiary/aromatic N) is 4. The van der Waals surface area contributed by atoms with Crippen LogP contribution < -0.4 is 10.6 Å². The Morgan fingerprint density at radius 3 is 3.03 bits per heavy atom. The van der Waals surface area contributed by atoms with Crippen molar-refractivity contribution in [3.63, 3.8) is 0 Å². The zero-order valence-electron chi connectivity index (χ0n) is 16.4. The van der Waals surface area contributed by atoms with E-state index in [-0.39, 0.29) is 17.9 Å². The molecule has 1 aliphatic carbocycles. The number of hydrogen-bond acceptors (Lipinski definition) is 7. The third kappa shape index (κ3) is 3.37.